The van der Waals surface area contributed by atoms with E-state index in [-0.39, 0.29) is 11.8 Å². The highest BCUT2D eigenvalue weighted by atomic mass is 19.1. The van der Waals surface area contributed by atoms with Crippen LogP contribution in [0, 0.1) is 12.7 Å². The number of aryl methyl sites for hydroxylation is 1. The minimum absolute atomic E-state index is 0.174. The van der Waals surface area contributed by atoms with Gasteiger partial charge in [0.05, 0.1) is 0 Å². The van der Waals surface area contributed by atoms with E-state index in [2.05, 4.69) is 51.6 Å². The average Bonchev–Trinajstić information content (AvgIpc) is 2.87. The van der Waals surface area contributed by atoms with Crippen LogP contribution in [0.25, 0.3) is 0 Å². The molecule has 0 atom stereocenters. The van der Waals surface area contributed by atoms with Crippen molar-refractivity contribution in [2.75, 3.05) is 49.5 Å². The minimum atomic E-state index is -0.398. The Labute approximate surface area is 205 Å². The first kappa shape index (κ1) is 24.4. The summed E-state index contributed by atoms with van der Waals surface area (Å²) in [6.45, 7) is 7.68. The maximum atomic E-state index is 13.1. The second-order valence-corrected chi connectivity index (χ2v) is 8.82. The summed E-state index contributed by atoms with van der Waals surface area (Å²) in [6.07, 6.45) is 0.872. The van der Waals surface area contributed by atoms with Crippen molar-refractivity contribution in [1.82, 2.24) is 10.2 Å². The molecule has 0 unspecified atom stereocenters. The highest BCUT2D eigenvalue weighted by molar-refractivity contribution is 6.05. The molecule has 4 rings (SSSR count). The smallest absolute Gasteiger partial charge is 0.255 e. The van der Waals surface area contributed by atoms with E-state index in [1.54, 1.807) is 24.3 Å². The van der Waals surface area contributed by atoms with Gasteiger partial charge in [-0.05, 0) is 80.1 Å². The molecule has 35 heavy (non-hydrogen) atoms. The Morgan fingerprint density at radius 1 is 0.857 bits per heavy atom. The predicted molar refractivity (Wildman–Crippen MR) is 138 cm³/mol. The lowest BCUT2D eigenvalue weighted by Crippen LogP contribution is -2.47. The van der Waals surface area contributed by atoms with Gasteiger partial charge in [0.1, 0.15) is 5.82 Å². The fraction of sp³-hybridized carbons (Fsp3) is 0.286. The van der Waals surface area contributed by atoms with Crippen LogP contribution in [0.3, 0.4) is 0 Å². The molecular formula is C28H31FN4O2. The van der Waals surface area contributed by atoms with Crippen LogP contribution < -0.4 is 15.5 Å². The van der Waals surface area contributed by atoms with Gasteiger partial charge in [0.15, 0.2) is 0 Å². The number of nitrogens with zero attached hydrogens (tertiary/aromatic N) is 2. The summed E-state index contributed by atoms with van der Waals surface area (Å²) in [5, 5.41) is 5.72. The Balaban J connectivity index is 1.19. The molecule has 1 saturated heterocycles. The zero-order chi connectivity index (χ0) is 24.6. The van der Waals surface area contributed by atoms with Gasteiger partial charge >= 0.3 is 0 Å². The number of amides is 2. The number of hydrogen-bond acceptors (Lipinski definition) is 4. The van der Waals surface area contributed by atoms with Crippen LogP contribution in [0.5, 0.6) is 0 Å². The molecule has 0 bridgehead atoms. The summed E-state index contributed by atoms with van der Waals surface area (Å²) in [5.74, 6) is -0.929. The van der Waals surface area contributed by atoms with Gasteiger partial charge in [-0.15, -0.1) is 0 Å². The Morgan fingerprint density at radius 2 is 1.60 bits per heavy atom. The van der Waals surface area contributed by atoms with E-state index < -0.39 is 5.82 Å². The van der Waals surface area contributed by atoms with Gasteiger partial charge in [0.2, 0.25) is 0 Å². The Morgan fingerprint density at radius 3 is 2.34 bits per heavy atom. The Hall–Kier alpha value is -3.71. The van der Waals surface area contributed by atoms with Crippen LogP contribution in [-0.2, 0) is 0 Å². The van der Waals surface area contributed by atoms with E-state index in [1.165, 1.54) is 35.5 Å². The third-order valence-electron chi connectivity index (χ3n) is 6.16. The number of carbonyl (C=O) groups is 2. The standard InChI is InChI=1S/C28H31FN4O2/c1-21-5-2-8-26(19-21)33-17-15-32(16-18-33)14-4-13-30-27(34)23-6-3-7-25(20-23)31-28(35)22-9-11-24(29)12-10-22/h2-3,5-12,19-20H,4,13-18H2,1H3,(H,30,34)(H,31,35). The SMILES string of the molecule is Cc1cccc(N2CCN(CCCNC(=O)c3cccc(NC(=O)c4ccc(F)cc4)c3)CC2)c1. The van der Waals surface area contributed by atoms with Gasteiger partial charge in [-0.25, -0.2) is 4.39 Å². The fourth-order valence-corrected chi connectivity index (χ4v) is 4.20. The molecule has 2 N–H and O–H groups in total. The van der Waals surface area contributed by atoms with Crippen LogP contribution in [0.15, 0.2) is 72.8 Å². The zero-order valence-electron chi connectivity index (χ0n) is 20.0. The average molecular weight is 475 g/mol. The largest absolute Gasteiger partial charge is 0.369 e. The molecule has 1 aliphatic heterocycles. The molecule has 1 heterocycles. The first-order chi connectivity index (χ1) is 17.0. The maximum Gasteiger partial charge on any atom is 0.255 e. The third kappa shape index (κ3) is 6.90. The Kier molecular flexibility index (Phi) is 8.11. The third-order valence-corrected chi connectivity index (χ3v) is 6.16. The minimum Gasteiger partial charge on any atom is -0.369 e. The van der Waals surface area contributed by atoms with Crippen LogP contribution >= 0.6 is 0 Å². The van der Waals surface area contributed by atoms with Crippen LogP contribution in [0.4, 0.5) is 15.8 Å². The molecule has 0 aliphatic carbocycles. The van der Waals surface area contributed by atoms with Gasteiger partial charge in [-0.1, -0.05) is 18.2 Å². The van der Waals surface area contributed by atoms with E-state index in [9.17, 15) is 14.0 Å². The summed E-state index contributed by atoms with van der Waals surface area (Å²) in [7, 11) is 0. The summed E-state index contributed by atoms with van der Waals surface area (Å²) < 4.78 is 13.1. The van der Waals surface area contributed by atoms with Crippen molar-refractivity contribution in [3.05, 3.63) is 95.3 Å². The van der Waals surface area contributed by atoms with Crippen molar-refractivity contribution in [3.63, 3.8) is 0 Å². The molecule has 1 aliphatic rings. The van der Waals surface area contributed by atoms with Crippen LogP contribution in [0.1, 0.15) is 32.7 Å². The lowest BCUT2D eigenvalue weighted by atomic mass is 10.1. The van der Waals surface area contributed by atoms with Crippen LogP contribution in [0.2, 0.25) is 0 Å². The van der Waals surface area contributed by atoms with E-state index in [0.29, 0.717) is 23.4 Å². The topological polar surface area (TPSA) is 64.7 Å². The van der Waals surface area contributed by atoms with Crippen molar-refractivity contribution in [3.8, 4) is 0 Å². The first-order valence-corrected chi connectivity index (χ1v) is 12.0. The van der Waals surface area contributed by atoms with Crippen LogP contribution in [-0.4, -0.2) is 56.0 Å². The van der Waals surface area contributed by atoms with Crippen molar-refractivity contribution >= 4 is 23.2 Å². The van der Waals surface area contributed by atoms with Crippen molar-refractivity contribution < 1.29 is 14.0 Å². The van der Waals surface area contributed by atoms with E-state index in [1.807, 2.05) is 0 Å². The molecule has 0 aromatic heterocycles. The molecule has 182 valence electrons. The molecule has 0 spiro atoms. The van der Waals surface area contributed by atoms with Gasteiger partial charge in [-0.2, -0.15) is 0 Å². The molecule has 2 amide bonds. The second kappa shape index (κ2) is 11.6. The molecule has 6 nitrogen and oxygen atoms in total. The number of nitrogens with one attached hydrogen (secondary N) is 2. The van der Waals surface area contributed by atoms with E-state index >= 15 is 0 Å². The molecular weight excluding hydrogens is 443 g/mol. The normalized spacial score (nSPS) is 13.9. The van der Waals surface area contributed by atoms with Gasteiger partial charge < -0.3 is 15.5 Å². The number of carbonyl (C=O) groups excluding carboxylic acids is 2. The number of halogens is 1. The van der Waals surface area contributed by atoms with Crippen molar-refractivity contribution in [1.29, 1.82) is 0 Å². The number of benzene rings is 3. The van der Waals surface area contributed by atoms with Gasteiger partial charge in [0.25, 0.3) is 11.8 Å². The molecule has 0 radical (unpaired) electrons. The summed E-state index contributed by atoms with van der Waals surface area (Å²) in [6, 6.07) is 20.7. The number of anilines is 2. The maximum absolute atomic E-state index is 13.1. The lowest BCUT2D eigenvalue weighted by Gasteiger charge is -2.36. The van der Waals surface area contributed by atoms with Gasteiger partial charge in [-0.3, -0.25) is 14.5 Å². The lowest BCUT2D eigenvalue weighted by molar-refractivity contribution is 0.0950. The highest BCUT2D eigenvalue weighted by Gasteiger charge is 2.17. The summed E-state index contributed by atoms with van der Waals surface area (Å²) >= 11 is 0. The Bertz CT molecular complexity index is 1160. The molecule has 3 aromatic rings. The number of rotatable bonds is 8. The number of piperazine rings is 1. The van der Waals surface area contributed by atoms with Gasteiger partial charge in [0, 0.05) is 55.2 Å². The fourth-order valence-electron chi connectivity index (χ4n) is 4.20. The second-order valence-electron chi connectivity index (χ2n) is 8.82. The quantitative estimate of drug-likeness (QED) is 0.477. The van der Waals surface area contributed by atoms with Crippen molar-refractivity contribution in [2.24, 2.45) is 0 Å². The zero-order valence-corrected chi connectivity index (χ0v) is 20.0. The molecule has 3 aromatic carbocycles. The van der Waals surface area contributed by atoms with E-state index in [4.69, 9.17) is 0 Å². The van der Waals surface area contributed by atoms with E-state index in [0.717, 1.165) is 39.1 Å². The predicted octanol–water partition coefficient (Wildman–Crippen LogP) is 4.33. The van der Waals surface area contributed by atoms with Crippen molar-refractivity contribution in [2.45, 2.75) is 13.3 Å². The summed E-state index contributed by atoms with van der Waals surface area (Å²) in [5.41, 5.74) is 3.91. The number of hydrogen-bond donors (Lipinski definition) is 2. The highest BCUT2D eigenvalue weighted by Crippen LogP contribution is 2.18. The molecule has 7 heteroatoms. The molecule has 1 fully saturated rings. The summed E-state index contributed by atoms with van der Waals surface area (Å²) in [4.78, 5) is 29.8. The molecule has 0 saturated carbocycles. The monoisotopic (exact) mass is 474 g/mol. The first-order valence-electron chi connectivity index (χ1n) is 12.0.